The van der Waals surface area contributed by atoms with Crippen molar-refractivity contribution in [3.63, 3.8) is 0 Å². The summed E-state index contributed by atoms with van der Waals surface area (Å²) in [6, 6.07) is 25.7. The van der Waals surface area contributed by atoms with Gasteiger partial charge in [0, 0.05) is 10.8 Å². The lowest BCUT2D eigenvalue weighted by molar-refractivity contribution is -0.141. The van der Waals surface area contributed by atoms with Crippen LogP contribution in [-0.2, 0) is 31.1 Å². The fourth-order valence-corrected chi connectivity index (χ4v) is 9.48. The highest BCUT2D eigenvalue weighted by Crippen LogP contribution is 2.64. The number of benzene rings is 3. The van der Waals surface area contributed by atoms with Gasteiger partial charge < -0.3 is 9.84 Å². The Morgan fingerprint density at radius 2 is 1.69 bits per heavy atom. The molecule has 49 heavy (non-hydrogen) atoms. The van der Waals surface area contributed by atoms with Crippen LogP contribution >= 0.6 is 11.3 Å². The summed E-state index contributed by atoms with van der Waals surface area (Å²) < 4.78 is 5.37. The van der Waals surface area contributed by atoms with Gasteiger partial charge in [-0.25, -0.2) is 0 Å². The highest BCUT2D eigenvalue weighted by atomic mass is 32.1. The molecule has 3 aromatic carbocycles. The summed E-state index contributed by atoms with van der Waals surface area (Å²) in [6.45, 7) is 2.17. The molecule has 2 saturated heterocycles. The zero-order valence-electron chi connectivity index (χ0n) is 27.0. The van der Waals surface area contributed by atoms with Gasteiger partial charge in [-0.2, -0.15) is 5.01 Å². The number of nitrogens with one attached hydrogen (secondary N) is 1. The van der Waals surface area contributed by atoms with E-state index in [1.165, 1.54) is 23.3 Å². The fraction of sp³-hybridized carbons (Fsp3) is 0.282. The summed E-state index contributed by atoms with van der Waals surface area (Å²) in [7, 11) is 1.47. The van der Waals surface area contributed by atoms with Crippen LogP contribution in [0.25, 0.3) is 0 Å². The number of allylic oxidation sites excluding steroid dienone is 2. The molecule has 4 aliphatic rings. The number of carbonyl (C=O) groups is 4. The molecule has 1 aromatic heterocycles. The van der Waals surface area contributed by atoms with Gasteiger partial charge in [0.2, 0.25) is 11.8 Å². The summed E-state index contributed by atoms with van der Waals surface area (Å²) in [4.78, 5) is 60.3. The Hall–Kier alpha value is -5.22. The Balaban J connectivity index is 1.31. The molecule has 0 radical (unpaired) electrons. The molecule has 8 rings (SSSR count). The van der Waals surface area contributed by atoms with Crippen LogP contribution in [0.3, 0.4) is 0 Å². The van der Waals surface area contributed by atoms with Crippen LogP contribution in [0.5, 0.6) is 11.5 Å². The van der Waals surface area contributed by atoms with Gasteiger partial charge in [0.1, 0.15) is 0 Å². The Labute approximate surface area is 287 Å². The van der Waals surface area contributed by atoms with Crippen LogP contribution in [0.15, 0.2) is 102 Å². The minimum Gasteiger partial charge on any atom is -0.504 e. The Morgan fingerprint density at radius 1 is 0.918 bits per heavy atom. The van der Waals surface area contributed by atoms with Crippen molar-refractivity contribution in [3.05, 3.63) is 124 Å². The first-order valence-electron chi connectivity index (χ1n) is 16.5. The predicted molar refractivity (Wildman–Crippen MR) is 183 cm³/mol. The quantitative estimate of drug-likeness (QED) is 0.184. The summed E-state index contributed by atoms with van der Waals surface area (Å²) in [5.41, 5.74) is 5.45. The molecule has 248 valence electrons. The second kappa shape index (κ2) is 11.7. The van der Waals surface area contributed by atoms with Crippen LogP contribution in [0.2, 0.25) is 0 Å². The lowest BCUT2D eigenvalue weighted by Gasteiger charge is -2.50. The van der Waals surface area contributed by atoms with Crippen LogP contribution < -0.4 is 10.2 Å². The topological polar surface area (TPSA) is 116 Å². The van der Waals surface area contributed by atoms with Crippen molar-refractivity contribution in [2.75, 3.05) is 12.5 Å². The third kappa shape index (κ3) is 4.64. The fourth-order valence-electron chi connectivity index (χ4n) is 8.79. The molecule has 3 fully saturated rings. The number of hydrogen-bond donors (Lipinski definition) is 2. The van der Waals surface area contributed by atoms with Crippen molar-refractivity contribution in [2.24, 2.45) is 23.7 Å². The number of hydrazine groups is 1. The number of aromatic hydroxyl groups is 1. The molecule has 6 unspecified atom stereocenters. The highest BCUT2D eigenvalue weighted by Gasteiger charge is 2.70. The van der Waals surface area contributed by atoms with E-state index in [1.54, 1.807) is 12.1 Å². The zero-order valence-corrected chi connectivity index (χ0v) is 27.9. The molecule has 4 aromatic rings. The van der Waals surface area contributed by atoms with E-state index in [9.17, 15) is 19.5 Å². The van der Waals surface area contributed by atoms with Crippen molar-refractivity contribution in [2.45, 2.75) is 37.6 Å². The minimum atomic E-state index is -1.41. The van der Waals surface area contributed by atoms with Gasteiger partial charge in [-0.1, -0.05) is 71.8 Å². The standard InChI is InChI=1S/C39H35N3O6S/c1-22-10-13-25(14-11-22)40-42-36(45)30-20-29-27(15-16-28-33(29)37(46)41(35(28)44)21-26-9-6-18-49-26)34(23-12-17-32(48-2)31(43)19-23)39(30,38(42)47)24-7-4-3-5-8-24/h3-15,17-19,28-30,33-34,40,43H,16,20-21H2,1-2H3. The molecule has 9 nitrogen and oxygen atoms in total. The molecule has 6 atom stereocenters. The first-order valence-corrected chi connectivity index (χ1v) is 17.3. The number of phenols is 1. The van der Waals surface area contributed by atoms with Crippen LogP contribution in [0.1, 0.15) is 40.3 Å². The van der Waals surface area contributed by atoms with E-state index in [4.69, 9.17) is 4.74 Å². The number of rotatable bonds is 7. The van der Waals surface area contributed by atoms with E-state index in [0.717, 1.165) is 21.0 Å². The molecule has 3 heterocycles. The maximum atomic E-state index is 15.2. The summed E-state index contributed by atoms with van der Waals surface area (Å²) >= 11 is 1.50. The maximum Gasteiger partial charge on any atom is 0.260 e. The number of phenolic OH excluding ortho intramolecular Hbond substituents is 1. The number of aryl methyl sites for hydroxylation is 1. The summed E-state index contributed by atoms with van der Waals surface area (Å²) in [5, 5.41) is 14.1. The van der Waals surface area contributed by atoms with Crippen molar-refractivity contribution >= 4 is 40.7 Å². The zero-order chi connectivity index (χ0) is 34.0. The number of hydrogen-bond acceptors (Lipinski definition) is 8. The minimum absolute atomic E-state index is 0.100. The van der Waals surface area contributed by atoms with Crippen LogP contribution in [-0.4, -0.2) is 45.8 Å². The predicted octanol–water partition coefficient (Wildman–Crippen LogP) is 5.96. The lowest BCUT2D eigenvalue weighted by atomic mass is 9.49. The number of anilines is 1. The molecule has 2 aliphatic heterocycles. The van der Waals surface area contributed by atoms with Gasteiger partial charge in [-0.15, -0.1) is 11.3 Å². The van der Waals surface area contributed by atoms with E-state index in [2.05, 4.69) is 5.43 Å². The summed E-state index contributed by atoms with van der Waals surface area (Å²) in [6.07, 6.45) is 2.57. The van der Waals surface area contributed by atoms with E-state index in [-0.39, 0.29) is 36.3 Å². The van der Waals surface area contributed by atoms with E-state index >= 15 is 4.79 Å². The van der Waals surface area contributed by atoms with Gasteiger partial charge in [-0.05, 0) is 72.5 Å². The SMILES string of the molecule is COc1ccc(C2C3=CCC4C(=O)N(Cc5cccs5)C(=O)C4C3CC3C(=O)N(Nc4ccc(C)cc4)C(=O)C32c2ccccc2)cc1O. The Bertz CT molecular complexity index is 2010. The third-order valence-corrected chi connectivity index (χ3v) is 11.8. The highest BCUT2D eigenvalue weighted by molar-refractivity contribution is 7.09. The second-order valence-corrected chi connectivity index (χ2v) is 14.4. The van der Waals surface area contributed by atoms with E-state index in [0.29, 0.717) is 23.2 Å². The largest absolute Gasteiger partial charge is 0.504 e. The third-order valence-electron chi connectivity index (χ3n) is 10.9. The monoisotopic (exact) mass is 673 g/mol. The number of likely N-dealkylation sites (tertiary alicyclic amines) is 1. The van der Waals surface area contributed by atoms with E-state index in [1.807, 2.05) is 91.2 Å². The van der Waals surface area contributed by atoms with Gasteiger partial charge in [0.25, 0.3) is 11.8 Å². The molecule has 0 spiro atoms. The van der Waals surface area contributed by atoms with Gasteiger partial charge >= 0.3 is 0 Å². The molecule has 0 bridgehead atoms. The maximum absolute atomic E-state index is 15.2. The number of thiophene rings is 1. The first-order chi connectivity index (χ1) is 23.7. The molecular formula is C39H35N3O6S. The molecule has 2 aliphatic carbocycles. The van der Waals surface area contributed by atoms with Crippen molar-refractivity contribution in [1.29, 1.82) is 0 Å². The van der Waals surface area contributed by atoms with Gasteiger partial charge in [-0.3, -0.25) is 29.5 Å². The molecule has 4 amide bonds. The number of amides is 4. The average Bonchev–Trinajstić information content (AvgIpc) is 3.78. The molecule has 2 N–H and O–H groups in total. The van der Waals surface area contributed by atoms with Gasteiger partial charge in [0.05, 0.1) is 42.5 Å². The number of fused-ring (bicyclic) bond motifs is 4. The smallest absolute Gasteiger partial charge is 0.260 e. The van der Waals surface area contributed by atoms with Gasteiger partial charge in [0.15, 0.2) is 11.5 Å². The number of ether oxygens (including phenoxy) is 1. The second-order valence-electron chi connectivity index (χ2n) is 13.4. The summed E-state index contributed by atoms with van der Waals surface area (Å²) in [5.74, 6) is -4.38. The number of nitrogens with zero attached hydrogens (tertiary/aromatic N) is 2. The number of carbonyl (C=O) groups excluding carboxylic acids is 4. The number of imide groups is 2. The van der Waals surface area contributed by atoms with E-state index < -0.39 is 46.8 Å². The van der Waals surface area contributed by atoms with Crippen molar-refractivity contribution in [1.82, 2.24) is 9.91 Å². The number of methoxy groups -OCH3 is 1. The normalized spacial score (nSPS) is 27.5. The molecular weight excluding hydrogens is 639 g/mol. The lowest BCUT2D eigenvalue weighted by Crippen LogP contribution is -2.53. The average molecular weight is 674 g/mol. The Morgan fingerprint density at radius 3 is 2.39 bits per heavy atom. The van der Waals surface area contributed by atoms with Crippen LogP contribution in [0, 0.1) is 30.6 Å². The Kier molecular flexibility index (Phi) is 7.44. The molecule has 1 saturated carbocycles. The van der Waals surface area contributed by atoms with Crippen LogP contribution in [0.4, 0.5) is 5.69 Å². The van der Waals surface area contributed by atoms with Crippen molar-refractivity contribution < 1.29 is 29.0 Å². The van der Waals surface area contributed by atoms with Crippen molar-refractivity contribution in [3.8, 4) is 11.5 Å². The first kappa shape index (κ1) is 31.1. The molecule has 10 heteroatoms.